The molecule has 0 unspecified atom stereocenters. The fourth-order valence-electron chi connectivity index (χ4n) is 2.61. The number of hydrogen-bond donors (Lipinski definition) is 1. The molecule has 0 bridgehead atoms. The summed E-state index contributed by atoms with van der Waals surface area (Å²) in [6.45, 7) is 8.25. The van der Waals surface area contributed by atoms with Gasteiger partial charge in [-0.1, -0.05) is 51.0 Å². The lowest BCUT2D eigenvalue weighted by Gasteiger charge is -2.23. The largest absolute Gasteiger partial charge is 0.357 e. The number of hydrogen-bond acceptors (Lipinski definition) is 4. The molecule has 0 saturated carbocycles. The van der Waals surface area contributed by atoms with Crippen LogP contribution in [-0.2, 0) is 16.6 Å². The maximum absolute atomic E-state index is 12.5. The Balaban J connectivity index is 0.000000471. The van der Waals surface area contributed by atoms with Gasteiger partial charge in [0.2, 0.25) is 5.95 Å². The van der Waals surface area contributed by atoms with Crippen LogP contribution in [0.2, 0.25) is 0 Å². The molecule has 0 aliphatic heterocycles. The highest BCUT2D eigenvalue weighted by molar-refractivity contribution is 5.96. The average Bonchev–Trinajstić information content (AvgIpc) is 2.69. The van der Waals surface area contributed by atoms with Crippen LogP contribution in [0.15, 0.2) is 30.5 Å². The number of carbonyl (C=O) groups excluding carboxylic acids is 1. The zero-order valence-electron chi connectivity index (χ0n) is 15.3. The van der Waals surface area contributed by atoms with Crippen molar-refractivity contribution in [3.8, 4) is 11.3 Å². The summed E-state index contributed by atoms with van der Waals surface area (Å²) in [7, 11) is 1.79. The first kappa shape index (κ1) is 18.1. The topological polar surface area (TPSA) is 54.9 Å². The summed E-state index contributed by atoms with van der Waals surface area (Å²) in [5.74, 6) is 0.771. The third-order valence-corrected chi connectivity index (χ3v) is 4.51. The number of nitrogens with zero attached hydrogens (tertiary/aromatic N) is 2. The van der Waals surface area contributed by atoms with Crippen LogP contribution >= 0.6 is 0 Å². The van der Waals surface area contributed by atoms with Gasteiger partial charge in [-0.3, -0.25) is 4.79 Å². The minimum atomic E-state index is -0.569. The predicted octanol–water partition coefficient (Wildman–Crippen LogP) is 4.39. The van der Waals surface area contributed by atoms with E-state index < -0.39 is 5.41 Å². The molecule has 1 aromatic carbocycles. The van der Waals surface area contributed by atoms with E-state index in [1.54, 1.807) is 13.2 Å². The van der Waals surface area contributed by atoms with Gasteiger partial charge in [0.1, 0.15) is 5.78 Å². The molecule has 4 nitrogen and oxygen atoms in total. The van der Waals surface area contributed by atoms with Crippen LogP contribution in [0.4, 0.5) is 5.95 Å². The quantitative estimate of drug-likeness (QED) is 0.889. The number of carbonyl (C=O) groups is 1. The maximum atomic E-state index is 12.5. The second-order valence-corrected chi connectivity index (χ2v) is 6.59. The minimum Gasteiger partial charge on any atom is -0.357 e. The highest BCUT2D eigenvalue weighted by Gasteiger charge is 2.36. The molecule has 0 radical (unpaired) electrons. The molecule has 128 valence electrons. The number of fused-ring (bicyclic) bond motifs is 3. The van der Waals surface area contributed by atoms with E-state index >= 15 is 0 Å². The number of ketones is 1. The first-order valence-corrected chi connectivity index (χ1v) is 8.62. The van der Waals surface area contributed by atoms with Crippen LogP contribution in [0.5, 0.6) is 0 Å². The maximum Gasteiger partial charge on any atom is 0.222 e. The molecule has 1 N–H and O–H groups in total. The molecule has 1 aliphatic carbocycles. The highest BCUT2D eigenvalue weighted by Crippen LogP contribution is 2.38. The van der Waals surface area contributed by atoms with Crippen molar-refractivity contribution in [1.29, 1.82) is 0 Å². The second kappa shape index (κ2) is 7.56. The Kier molecular flexibility index (Phi) is 5.71. The molecule has 1 aliphatic rings. The van der Waals surface area contributed by atoms with Crippen LogP contribution in [0.1, 0.15) is 51.7 Å². The molecule has 0 saturated heterocycles. The minimum absolute atomic E-state index is 0.199. The molecule has 0 fully saturated rings. The third-order valence-electron chi connectivity index (χ3n) is 4.51. The summed E-state index contributed by atoms with van der Waals surface area (Å²) >= 11 is 0. The SMILES string of the molecule is CCCC.CNc1ncc2c(n1)-c1ccccc1CC(=O)C2(C)C. The molecule has 1 aromatic heterocycles. The average molecular weight is 325 g/mol. The zero-order chi connectivity index (χ0) is 17.7. The standard InChI is InChI=1S/C16H17N3O.C4H10/c1-16(2)12-9-18-15(17-3)19-14(12)11-7-5-4-6-10(11)8-13(16)20;1-3-4-2/h4-7,9H,8H2,1-3H3,(H,17,18,19);3-4H2,1-2H3. The van der Waals surface area contributed by atoms with Gasteiger partial charge >= 0.3 is 0 Å². The second-order valence-electron chi connectivity index (χ2n) is 6.59. The summed E-state index contributed by atoms with van der Waals surface area (Å²) in [5, 5.41) is 2.96. The van der Waals surface area contributed by atoms with Crippen molar-refractivity contribution in [3.05, 3.63) is 41.6 Å². The van der Waals surface area contributed by atoms with Gasteiger partial charge < -0.3 is 5.32 Å². The van der Waals surface area contributed by atoms with Crippen molar-refractivity contribution in [2.45, 2.75) is 52.4 Å². The molecule has 0 atom stereocenters. The number of nitrogens with one attached hydrogen (secondary N) is 1. The molecule has 0 spiro atoms. The summed E-state index contributed by atoms with van der Waals surface area (Å²) in [5.41, 5.74) is 3.24. The van der Waals surface area contributed by atoms with E-state index in [1.165, 1.54) is 12.8 Å². The van der Waals surface area contributed by atoms with Gasteiger partial charge in [-0.05, 0) is 19.4 Å². The van der Waals surface area contributed by atoms with Crippen molar-refractivity contribution in [1.82, 2.24) is 9.97 Å². The van der Waals surface area contributed by atoms with Gasteiger partial charge in [0.25, 0.3) is 0 Å². The van der Waals surface area contributed by atoms with Gasteiger partial charge in [-0.2, -0.15) is 0 Å². The predicted molar refractivity (Wildman–Crippen MR) is 99.3 cm³/mol. The molecule has 0 amide bonds. The number of anilines is 1. The number of rotatable bonds is 2. The van der Waals surface area contributed by atoms with E-state index in [2.05, 4.69) is 29.1 Å². The van der Waals surface area contributed by atoms with E-state index in [4.69, 9.17) is 0 Å². The molecule has 4 heteroatoms. The molecule has 1 heterocycles. The summed E-state index contributed by atoms with van der Waals surface area (Å²) in [6, 6.07) is 7.96. The van der Waals surface area contributed by atoms with Gasteiger partial charge in [-0.25, -0.2) is 9.97 Å². The van der Waals surface area contributed by atoms with Gasteiger partial charge in [0.05, 0.1) is 11.1 Å². The first-order chi connectivity index (χ1) is 11.5. The van der Waals surface area contributed by atoms with Gasteiger partial charge in [-0.15, -0.1) is 0 Å². The van der Waals surface area contributed by atoms with E-state index in [9.17, 15) is 4.79 Å². The lowest BCUT2D eigenvalue weighted by Crippen LogP contribution is -2.30. The van der Waals surface area contributed by atoms with E-state index in [0.29, 0.717) is 12.4 Å². The van der Waals surface area contributed by atoms with E-state index in [1.807, 2.05) is 38.1 Å². The van der Waals surface area contributed by atoms with E-state index in [0.717, 1.165) is 22.4 Å². The van der Waals surface area contributed by atoms with Crippen molar-refractivity contribution in [3.63, 3.8) is 0 Å². The first-order valence-electron chi connectivity index (χ1n) is 8.62. The molecular weight excluding hydrogens is 298 g/mol. The monoisotopic (exact) mass is 325 g/mol. The van der Waals surface area contributed by atoms with Crippen LogP contribution in [-0.4, -0.2) is 22.8 Å². The Morgan fingerprint density at radius 2 is 1.83 bits per heavy atom. The molecular formula is C20H27N3O. The van der Waals surface area contributed by atoms with Crippen molar-refractivity contribution in [2.75, 3.05) is 12.4 Å². The molecule has 24 heavy (non-hydrogen) atoms. The number of Topliss-reactive ketones (excluding diaryl/α,β-unsaturated/α-hetero) is 1. The zero-order valence-corrected chi connectivity index (χ0v) is 15.3. The van der Waals surface area contributed by atoms with Gasteiger partial charge in [0.15, 0.2) is 0 Å². The van der Waals surface area contributed by atoms with Crippen molar-refractivity contribution < 1.29 is 4.79 Å². The fraction of sp³-hybridized carbons (Fsp3) is 0.450. The van der Waals surface area contributed by atoms with Gasteiger partial charge in [0, 0.05) is 30.8 Å². The lowest BCUT2D eigenvalue weighted by atomic mass is 9.80. The fourth-order valence-corrected chi connectivity index (χ4v) is 2.61. The number of unbranched alkanes of at least 4 members (excludes halogenated alkanes) is 1. The Bertz CT molecular complexity index is 721. The smallest absolute Gasteiger partial charge is 0.222 e. The summed E-state index contributed by atoms with van der Waals surface area (Å²) in [4.78, 5) is 21.4. The van der Waals surface area contributed by atoms with Crippen molar-refractivity contribution >= 4 is 11.7 Å². The Morgan fingerprint density at radius 1 is 1.17 bits per heavy atom. The number of benzene rings is 1. The van der Waals surface area contributed by atoms with Crippen LogP contribution in [0.25, 0.3) is 11.3 Å². The van der Waals surface area contributed by atoms with Crippen LogP contribution in [0.3, 0.4) is 0 Å². The molecule has 3 rings (SSSR count). The number of aromatic nitrogens is 2. The normalized spacial score (nSPS) is 14.6. The summed E-state index contributed by atoms with van der Waals surface area (Å²) < 4.78 is 0. The third kappa shape index (κ3) is 3.48. The lowest BCUT2D eigenvalue weighted by molar-refractivity contribution is -0.122. The Morgan fingerprint density at radius 3 is 2.46 bits per heavy atom. The highest BCUT2D eigenvalue weighted by atomic mass is 16.1. The summed E-state index contributed by atoms with van der Waals surface area (Å²) in [6.07, 6.45) is 4.85. The van der Waals surface area contributed by atoms with Crippen molar-refractivity contribution in [2.24, 2.45) is 0 Å². The Labute approximate surface area is 144 Å². The Hall–Kier alpha value is -2.23. The van der Waals surface area contributed by atoms with E-state index in [-0.39, 0.29) is 5.78 Å². The van der Waals surface area contributed by atoms with Crippen LogP contribution in [0, 0.1) is 0 Å². The van der Waals surface area contributed by atoms with Crippen LogP contribution < -0.4 is 5.32 Å². The molecule has 2 aromatic rings.